The highest BCUT2D eigenvalue weighted by Crippen LogP contribution is 2.31. The molecule has 6 heteroatoms. The van der Waals surface area contributed by atoms with Crippen LogP contribution >= 0.6 is 0 Å². The van der Waals surface area contributed by atoms with Crippen molar-refractivity contribution in [2.45, 2.75) is 6.42 Å². The molecule has 1 N–H and O–H groups in total. The molecule has 3 heterocycles. The summed E-state index contributed by atoms with van der Waals surface area (Å²) in [6.07, 6.45) is 4.18. The number of carbonyl (C=O) groups excluding carboxylic acids is 2. The van der Waals surface area contributed by atoms with E-state index >= 15 is 0 Å². The number of likely N-dealkylation sites (tertiary alicyclic amines) is 2. The van der Waals surface area contributed by atoms with E-state index in [4.69, 9.17) is 0 Å². The number of piperidine rings is 1. The van der Waals surface area contributed by atoms with Crippen LogP contribution in [0.3, 0.4) is 0 Å². The largest absolute Gasteiger partial charge is 0.345 e. The topological polar surface area (TPSA) is 69.3 Å². The average Bonchev–Trinajstić information content (AvgIpc) is 3.01. The Balaban J connectivity index is 1.75. The molecular formula is C12H16N4O2. The Morgan fingerprint density at radius 2 is 2.33 bits per heavy atom. The van der Waals surface area contributed by atoms with Crippen LogP contribution in [0.5, 0.6) is 0 Å². The number of hydrogen-bond acceptors (Lipinski definition) is 3. The lowest BCUT2D eigenvalue weighted by Gasteiger charge is -2.30. The van der Waals surface area contributed by atoms with Gasteiger partial charge in [-0.25, -0.2) is 4.98 Å². The first-order chi connectivity index (χ1) is 8.66. The molecule has 0 aromatic carbocycles. The molecule has 2 fully saturated rings. The lowest BCUT2D eigenvalue weighted by Crippen LogP contribution is -2.42. The van der Waals surface area contributed by atoms with E-state index in [0.717, 1.165) is 13.0 Å². The summed E-state index contributed by atoms with van der Waals surface area (Å²) < 4.78 is 0. The van der Waals surface area contributed by atoms with Gasteiger partial charge in [-0.2, -0.15) is 0 Å². The van der Waals surface area contributed by atoms with E-state index in [1.54, 1.807) is 22.2 Å². The summed E-state index contributed by atoms with van der Waals surface area (Å²) in [5.41, 5.74) is 0. The molecule has 0 radical (unpaired) electrons. The number of nitrogens with one attached hydrogen (secondary N) is 1. The number of imidazole rings is 1. The van der Waals surface area contributed by atoms with E-state index in [-0.39, 0.29) is 17.7 Å². The van der Waals surface area contributed by atoms with Crippen molar-refractivity contribution >= 4 is 11.8 Å². The number of nitrogens with zero attached hydrogens (tertiary/aromatic N) is 3. The number of H-pyrrole nitrogens is 1. The minimum absolute atomic E-state index is 0.0253. The molecule has 6 nitrogen and oxygen atoms in total. The molecule has 2 aliphatic rings. The molecule has 3 rings (SSSR count). The number of hydrogen-bond donors (Lipinski definition) is 1. The maximum Gasteiger partial charge on any atom is 0.289 e. The van der Waals surface area contributed by atoms with Crippen LogP contribution in [0.15, 0.2) is 12.4 Å². The van der Waals surface area contributed by atoms with E-state index in [9.17, 15) is 9.59 Å². The summed E-state index contributed by atoms with van der Waals surface area (Å²) in [7, 11) is 1.83. The monoisotopic (exact) mass is 248 g/mol. The van der Waals surface area contributed by atoms with Crippen molar-refractivity contribution < 1.29 is 9.59 Å². The van der Waals surface area contributed by atoms with Crippen LogP contribution in [-0.4, -0.2) is 58.3 Å². The molecule has 1 aromatic rings. The van der Waals surface area contributed by atoms with E-state index < -0.39 is 0 Å². The molecular weight excluding hydrogens is 232 g/mol. The SMILES string of the molecule is CN1CC[C@@H]2CN(C(=O)c3ncc[nH]3)C[C@@H]2C1=O. The van der Waals surface area contributed by atoms with Crippen LogP contribution < -0.4 is 0 Å². The van der Waals surface area contributed by atoms with Gasteiger partial charge in [0.2, 0.25) is 5.91 Å². The highest BCUT2D eigenvalue weighted by molar-refractivity contribution is 5.91. The van der Waals surface area contributed by atoms with Gasteiger partial charge >= 0.3 is 0 Å². The fourth-order valence-electron chi connectivity index (χ4n) is 2.89. The molecule has 0 spiro atoms. The molecule has 0 bridgehead atoms. The summed E-state index contributed by atoms with van der Waals surface area (Å²) >= 11 is 0. The smallest absolute Gasteiger partial charge is 0.289 e. The van der Waals surface area contributed by atoms with Gasteiger partial charge in [0, 0.05) is 39.1 Å². The van der Waals surface area contributed by atoms with Crippen molar-refractivity contribution in [2.24, 2.45) is 11.8 Å². The van der Waals surface area contributed by atoms with Crippen LogP contribution in [0.25, 0.3) is 0 Å². The third-order valence-electron chi connectivity index (χ3n) is 3.96. The quantitative estimate of drug-likeness (QED) is 0.758. The first kappa shape index (κ1) is 11.3. The van der Waals surface area contributed by atoms with Crippen LogP contribution in [0.1, 0.15) is 17.0 Å². The maximum absolute atomic E-state index is 12.1. The molecule has 2 atom stereocenters. The van der Waals surface area contributed by atoms with Crippen LogP contribution in [0, 0.1) is 11.8 Å². The highest BCUT2D eigenvalue weighted by atomic mass is 16.2. The zero-order valence-corrected chi connectivity index (χ0v) is 10.3. The molecule has 2 saturated heterocycles. The zero-order chi connectivity index (χ0) is 12.7. The van der Waals surface area contributed by atoms with Crippen molar-refractivity contribution in [3.8, 4) is 0 Å². The summed E-state index contributed by atoms with van der Waals surface area (Å²) in [6.45, 7) is 1.99. The van der Waals surface area contributed by atoms with Gasteiger partial charge < -0.3 is 14.8 Å². The Morgan fingerprint density at radius 1 is 1.50 bits per heavy atom. The molecule has 2 aliphatic heterocycles. The van der Waals surface area contributed by atoms with Crippen molar-refractivity contribution in [2.75, 3.05) is 26.7 Å². The second-order valence-electron chi connectivity index (χ2n) is 5.06. The molecule has 0 unspecified atom stereocenters. The lowest BCUT2D eigenvalue weighted by molar-refractivity contribution is -0.137. The Kier molecular flexibility index (Phi) is 2.57. The summed E-state index contributed by atoms with van der Waals surface area (Å²) in [4.78, 5) is 34.5. The maximum atomic E-state index is 12.1. The molecule has 0 saturated carbocycles. The van der Waals surface area contributed by atoms with Gasteiger partial charge in [-0.1, -0.05) is 0 Å². The number of aromatic nitrogens is 2. The highest BCUT2D eigenvalue weighted by Gasteiger charge is 2.43. The van der Waals surface area contributed by atoms with Gasteiger partial charge in [0.1, 0.15) is 0 Å². The van der Waals surface area contributed by atoms with Gasteiger partial charge in [0.05, 0.1) is 5.92 Å². The van der Waals surface area contributed by atoms with Crippen LogP contribution in [-0.2, 0) is 4.79 Å². The molecule has 18 heavy (non-hydrogen) atoms. The van der Waals surface area contributed by atoms with Crippen LogP contribution in [0.2, 0.25) is 0 Å². The van der Waals surface area contributed by atoms with Crippen molar-refractivity contribution in [1.82, 2.24) is 19.8 Å². The number of carbonyl (C=O) groups is 2. The Bertz CT molecular complexity index is 470. The molecule has 96 valence electrons. The Hall–Kier alpha value is -1.85. The molecule has 2 amide bonds. The first-order valence-corrected chi connectivity index (χ1v) is 6.20. The Morgan fingerprint density at radius 3 is 3.06 bits per heavy atom. The van der Waals surface area contributed by atoms with E-state index in [2.05, 4.69) is 9.97 Å². The van der Waals surface area contributed by atoms with Gasteiger partial charge in [-0.05, 0) is 12.3 Å². The van der Waals surface area contributed by atoms with Gasteiger partial charge in [0.25, 0.3) is 5.91 Å². The van der Waals surface area contributed by atoms with E-state index in [1.807, 2.05) is 7.05 Å². The van der Waals surface area contributed by atoms with Crippen molar-refractivity contribution in [1.29, 1.82) is 0 Å². The lowest BCUT2D eigenvalue weighted by atomic mass is 9.88. The number of amides is 2. The minimum Gasteiger partial charge on any atom is -0.345 e. The van der Waals surface area contributed by atoms with Gasteiger partial charge in [0.15, 0.2) is 5.82 Å². The van der Waals surface area contributed by atoms with Crippen molar-refractivity contribution in [3.63, 3.8) is 0 Å². The normalized spacial score (nSPS) is 27.5. The van der Waals surface area contributed by atoms with Gasteiger partial charge in [-0.3, -0.25) is 9.59 Å². The average molecular weight is 248 g/mol. The predicted molar refractivity (Wildman–Crippen MR) is 63.7 cm³/mol. The first-order valence-electron chi connectivity index (χ1n) is 6.20. The predicted octanol–water partition coefficient (Wildman–Crippen LogP) is -0.0400. The van der Waals surface area contributed by atoms with Crippen molar-refractivity contribution in [3.05, 3.63) is 18.2 Å². The summed E-state index contributed by atoms with van der Waals surface area (Å²) in [6, 6.07) is 0. The fourth-order valence-corrected chi connectivity index (χ4v) is 2.89. The second kappa shape index (κ2) is 4.12. The summed E-state index contributed by atoms with van der Waals surface area (Å²) in [5.74, 6) is 0.704. The minimum atomic E-state index is -0.107. The van der Waals surface area contributed by atoms with E-state index in [0.29, 0.717) is 24.8 Å². The zero-order valence-electron chi connectivity index (χ0n) is 10.3. The number of aromatic amines is 1. The summed E-state index contributed by atoms with van der Waals surface area (Å²) in [5, 5.41) is 0. The third kappa shape index (κ3) is 1.68. The number of rotatable bonds is 1. The van der Waals surface area contributed by atoms with Gasteiger partial charge in [-0.15, -0.1) is 0 Å². The molecule has 1 aromatic heterocycles. The third-order valence-corrected chi connectivity index (χ3v) is 3.96. The number of fused-ring (bicyclic) bond motifs is 1. The molecule has 0 aliphatic carbocycles. The standard InChI is InChI=1S/C12H16N4O2/c1-15-5-2-8-6-16(7-9(8)11(15)17)12(18)10-13-3-4-14-10/h3-4,8-9H,2,5-7H2,1H3,(H,13,14)/t8-,9+/m1/s1. The Labute approximate surface area is 105 Å². The van der Waals surface area contributed by atoms with Crippen LogP contribution in [0.4, 0.5) is 0 Å². The fraction of sp³-hybridized carbons (Fsp3) is 0.583. The van der Waals surface area contributed by atoms with E-state index in [1.165, 1.54) is 0 Å². The second-order valence-corrected chi connectivity index (χ2v) is 5.06.